The number of benzene rings is 1. The second-order valence-electron chi connectivity index (χ2n) is 5.57. The number of aliphatic hydroxyl groups excluding tert-OH is 3. The molecular formula is C15H20N2O5. The van der Waals surface area contributed by atoms with E-state index in [0.29, 0.717) is 0 Å². The molecule has 1 saturated heterocycles. The number of aliphatic imine (C=N–C) groups is 1. The molecule has 0 saturated carbocycles. The minimum absolute atomic E-state index is 0.134. The summed E-state index contributed by atoms with van der Waals surface area (Å²) in [5.74, 6) is 0. The van der Waals surface area contributed by atoms with E-state index in [1.54, 1.807) is 0 Å². The van der Waals surface area contributed by atoms with Crippen molar-refractivity contribution >= 4 is 11.7 Å². The summed E-state index contributed by atoms with van der Waals surface area (Å²) >= 11 is 0. The highest BCUT2D eigenvalue weighted by atomic mass is 16.6. The van der Waals surface area contributed by atoms with Gasteiger partial charge in [0, 0.05) is 12.3 Å². The number of ether oxygens (including phenoxy) is 2. The van der Waals surface area contributed by atoms with Gasteiger partial charge in [0.2, 0.25) is 0 Å². The molecule has 1 aromatic rings. The van der Waals surface area contributed by atoms with Crippen molar-refractivity contribution in [1.82, 2.24) is 0 Å². The summed E-state index contributed by atoms with van der Waals surface area (Å²) in [6, 6.07) is 7.94. The molecule has 0 radical (unpaired) electrons. The lowest BCUT2D eigenvalue weighted by atomic mass is 9.96. The zero-order chi connectivity index (χ0) is 15.7. The Morgan fingerprint density at radius 2 is 1.91 bits per heavy atom. The molecule has 22 heavy (non-hydrogen) atoms. The van der Waals surface area contributed by atoms with Gasteiger partial charge in [-0.25, -0.2) is 0 Å². The predicted octanol–water partition coefficient (Wildman–Crippen LogP) is -0.00918. The second kappa shape index (κ2) is 6.21. The Kier molecular flexibility index (Phi) is 4.30. The molecule has 2 aliphatic rings. The molecule has 0 aromatic heterocycles. The fourth-order valence-electron chi connectivity index (χ4n) is 2.61. The first kappa shape index (κ1) is 15.2. The minimum atomic E-state index is -1.11. The van der Waals surface area contributed by atoms with Gasteiger partial charge in [-0.3, -0.25) is 0 Å². The quantitative estimate of drug-likeness (QED) is 0.626. The van der Waals surface area contributed by atoms with E-state index in [9.17, 15) is 10.2 Å². The molecule has 7 nitrogen and oxygen atoms in total. The second-order valence-corrected chi connectivity index (χ2v) is 5.57. The molecule has 2 aliphatic heterocycles. The number of rotatable bonds is 3. The van der Waals surface area contributed by atoms with Crippen LogP contribution in [0, 0.1) is 6.92 Å². The van der Waals surface area contributed by atoms with E-state index in [0.717, 1.165) is 11.3 Å². The molecule has 1 aromatic carbocycles. The van der Waals surface area contributed by atoms with Crippen LogP contribution in [-0.4, -0.2) is 58.6 Å². The summed E-state index contributed by atoms with van der Waals surface area (Å²) in [6.45, 7) is 1.86. The van der Waals surface area contributed by atoms with Gasteiger partial charge in [-0.15, -0.1) is 0 Å². The summed E-state index contributed by atoms with van der Waals surface area (Å²) < 4.78 is 11.1. The zero-order valence-electron chi connectivity index (χ0n) is 12.2. The molecule has 0 bridgehead atoms. The van der Waals surface area contributed by atoms with Crippen LogP contribution < -0.4 is 5.32 Å². The van der Waals surface area contributed by atoms with Crippen molar-refractivity contribution in [2.45, 2.75) is 44.0 Å². The third kappa shape index (κ3) is 2.93. The highest BCUT2D eigenvalue weighted by Gasteiger charge is 2.49. The van der Waals surface area contributed by atoms with Gasteiger partial charge in [0.25, 0.3) is 6.02 Å². The van der Waals surface area contributed by atoms with Crippen molar-refractivity contribution in [1.29, 1.82) is 0 Å². The van der Waals surface area contributed by atoms with Crippen LogP contribution in [0.4, 0.5) is 5.69 Å². The van der Waals surface area contributed by atoms with Crippen LogP contribution >= 0.6 is 0 Å². The van der Waals surface area contributed by atoms with E-state index in [1.807, 2.05) is 31.2 Å². The molecule has 3 rings (SSSR count). The van der Waals surface area contributed by atoms with E-state index in [2.05, 4.69) is 10.3 Å². The number of nitrogens with zero attached hydrogens (tertiary/aromatic N) is 1. The largest absolute Gasteiger partial charge is 0.454 e. The van der Waals surface area contributed by atoms with Crippen LogP contribution in [-0.2, 0) is 9.47 Å². The lowest BCUT2D eigenvalue weighted by molar-refractivity contribution is -0.208. The molecule has 4 N–H and O–H groups in total. The fourth-order valence-corrected chi connectivity index (χ4v) is 2.61. The lowest BCUT2D eigenvalue weighted by Gasteiger charge is -2.37. The van der Waals surface area contributed by atoms with Crippen molar-refractivity contribution in [3.63, 3.8) is 0 Å². The maximum Gasteiger partial charge on any atom is 0.292 e. The van der Waals surface area contributed by atoms with E-state index in [-0.39, 0.29) is 19.0 Å². The van der Waals surface area contributed by atoms with Gasteiger partial charge in [0.1, 0.15) is 12.2 Å². The highest BCUT2D eigenvalue weighted by Crippen LogP contribution is 2.30. The summed E-state index contributed by atoms with van der Waals surface area (Å²) in [6.07, 6.45) is -4.09. The Morgan fingerprint density at radius 3 is 2.59 bits per heavy atom. The molecule has 120 valence electrons. The van der Waals surface area contributed by atoms with Crippen LogP contribution in [0.25, 0.3) is 0 Å². The lowest BCUT2D eigenvalue weighted by Crippen LogP contribution is -2.56. The van der Waals surface area contributed by atoms with Crippen LogP contribution in [0.1, 0.15) is 12.0 Å². The van der Waals surface area contributed by atoms with Crippen LogP contribution in [0.15, 0.2) is 29.3 Å². The maximum absolute atomic E-state index is 10.1. The first-order valence-corrected chi connectivity index (χ1v) is 7.29. The van der Waals surface area contributed by atoms with Crippen molar-refractivity contribution in [2.75, 3.05) is 11.9 Å². The summed E-state index contributed by atoms with van der Waals surface area (Å²) in [5.41, 5.74) is 1.95. The standard InChI is InChI=1S/C15H20N2O5/c1-8-2-4-9(5-3-8)16-15-17-14-13(22-15)12(20)11(19)10(21-14)6-7-18/h2-5,10-14,18-20H,6-7H2,1H3,(H,16,17)/t10-,11-,12+,13-,14-/m1/s1. The molecular weight excluding hydrogens is 288 g/mol. The Hall–Kier alpha value is -1.67. The van der Waals surface area contributed by atoms with Crippen LogP contribution in [0.2, 0.25) is 0 Å². The topological polar surface area (TPSA) is 104 Å². The predicted molar refractivity (Wildman–Crippen MR) is 79.5 cm³/mol. The third-order valence-corrected chi connectivity index (χ3v) is 3.87. The molecule has 5 atom stereocenters. The molecule has 0 amide bonds. The van der Waals surface area contributed by atoms with Gasteiger partial charge < -0.3 is 30.1 Å². The fraction of sp³-hybridized carbons (Fsp3) is 0.533. The Balaban J connectivity index is 1.69. The van der Waals surface area contributed by atoms with Gasteiger partial charge in [0.05, 0.1) is 6.10 Å². The van der Waals surface area contributed by atoms with Gasteiger partial charge in [-0.05, 0) is 25.5 Å². The summed E-state index contributed by atoms with van der Waals surface area (Å²) in [5, 5.41) is 32.1. The van der Waals surface area contributed by atoms with E-state index >= 15 is 0 Å². The van der Waals surface area contributed by atoms with E-state index in [4.69, 9.17) is 14.6 Å². The van der Waals surface area contributed by atoms with E-state index < -0.39 is 30.6 Å². The summed E-state index contributed by atoms with van der Waals surface area (Å²) in [4.78, 5) is 4.25. The van der Waals surface area contributed by atoms with Crippen molar-refractivity contribution in [2.24, 2.45) is 4.99 Å². The molecule has 7 heteroatoms. The number of aliphatic hydroxyl groups is 3. The van der Waals surface area contributed by atoms with Crippen LogP contribution in [0.3, 0.4) is 0 Å². The van der Waals surface area contributed by atoms with Crippen molar-refractivity contribution < 1.29 is 24.8 Å². The Bertz CT molecular complexity index is 547. The third-order valence-electron chi connectivity index (χ3n) is 3.87. The molecule has 2 heterocycles. The monoisotopic (exact) mass is 308 g/mol. The van der Waals surface area contributed by atoms with Gasteiger partial charge in [-0.2, -0.15) is 4.99 Å². The molecule has 0 aliphatic carbocycles. The average Bonchev–Trinajstić information content (AvgIpc) is 2.90. The number of hydrogen-bond donors (Lipinski definition) is 4. The molecule has 1 fully saturated rings. The van der Waals surface area contributed by atoms with Crippen molar-refractivity contribution in [3.05, 3.63) is 29.8 Å². The molecule has 0 unspecified atom stereocenters. The van der Waals surface area contributed by atoms with Crippen LogP contribution in [0.5, 0.6) is 0 Å². The summed E-state index contributed by atoms with van der Waals surface area (Å²) in [7, 11) is 0. The first-order valence-electron chi connectivity index (χ1n) is 7.29. The highest BCUT2D eigenvalue weighted by molar-refractivity contribution is 5.90. The minimum Gasteiger partial charge on any atom is -0.454 e. The Morgan fingerprint density at radius 1 is 1.18 bits per heavy atom. The van der Waals surface area contributed by atoms with Gasteiger partial charge in [-0.1, -0.05) is 17.7 Å². The average molecular weight is 308 g/mol. The van der Waals surface area contributed by atoms with Crippen molar-refractivity contribution in [3.8, 4) is 0 Å². The molecule has 0 spiro atoms. The SMILES string of the molecule is Cc1ccc(NC2=N[C@@H]3O[C@H](CCO)[C@@H](O)[C@H](O)[C@H]3O2)cc1. The van der Waals surface area contributed by atoms with Gasteiger partial charge >= 0.3 is 0 Å². The zero-order valence-corrected chi connectivity index (χ0v) is 12.2. The first-order chi connectivity index (χ1) is 10.6. The number of aryl methyl sites for hydroxylation is 1. The number of anilines is 1. The number of hydrogen-bond acceptors (Lipinski definition) is 7. The Labute approximate surface area is 128 Å². The van der Waals surface area contributed by atoms with Gasteiger partial charge in [0.15, 0.2) is 12.3 Å². The smallest absolute Gasteiger partial charge is 0.292 e. The number of amidine groups is 1. The number of fused-ring (bicyclic) bond motifs is 1. The maximum atomic E-state index is 10.1. The van der Waals surface area contributed by atoms with E-state index in [1.165, 1.54) is 0 Å². The normalized spacial score (nSPS) is 33.8. The number of nitrogens with one attached hydrogen (secondary N) is 1.